The minimum atomic E-state index is -4.72. The number of hydrogen-bond acceptors (Lipinski definition) is 6. The van der Waals surface area contributed by atoms with Crippen LogP contribution in [0, 0.1) is 12.3 Å². The number of fused-ring (bicyclic) bond motifs is 1. The Morgan fingerprint density at radius 3 is 2.33 bits per heavy atom. The maximum Gasteiger partial charge on any atom is 0.416 e. The van der Waals surface area contributed by atoms with Crippen LogP contribution in [0.2, 0.25) is 0 Å². The van der Waals surface area contributed by atoms with Gasteiger partial charge in [-0.1, -0.05) is 24.3 Å². The second kappa shape index (κ2) is 12.1. The molecule has 42 heavy (non-hydrogen) atoms. The van der Waals surface area contributed by atoms with Gasteiger partial charge in [0, 0.05) is 39.3 Å². The number of piperazine rings is 1. The number of nitrogens with one attached hydrogen (secondary N) is 1. The third-order valence-electron chi connectivity index (χ3n) is 9.02. The number of nitrogens with zero attached hydrogens (tertiary/aromatic N) is 2. The number of benzene rings is 2. The Balaban J connectivity index is 2.11. The van der Waals surface area contributed by atoms with E-state index in [1.165, 1.54) is 25.1 Å². The monoisotopic (exact) mass is 593 g/mol. The molecule has 0 spiro atoms. The van der Waals surface area contributed by atoms with E-state index in [2.05, 4.69) is 5.32 Å². The van der Waals surface area contributed by atoms with E-state index in [0.717, 1.165) is 12.1 Å². The van der Waals surface area contributed by atoms with Gasteiger partial charge in [0.25, 0.3) is 0 Å². The quantitative estimate of drug-likeness (QED) is 0.355. The topological polar surface area (TPSA) is 123 Å². The standard InChI is InChI=1S/C30H38F3N3O6/c1-19-6-4-5-7-23(19)29(24(18-39)20-14-21(30(31,32)33)16-22(15-20)42-3)25-17-28(8-12-37,9-13-38)26(40)35(25)10-11-36(29)27(41)34-2/h4-7,14-16,24-25,37-39H,8-13,17-18H2,1-3H3,(H,34,41)/t24-,25?,29?/m0/s1. The number of hydrogen-bond donors (Lipinski definition) is 4. The van der Waals surface area contributed by atoms with Crippen molar-refractivity contribution in [1.29, 1.82) is 0 Å². The molecule has 0 saturated carbocycles. The number of rotatable bonds is 9. The summed E-state index contributed by atoms with van der Waals surface area (Å²) in [5.41, 5.74) is -2.33. The maximum atomic E-state index is 14.1. The van der Waals surface area contributed by atoms with Crippen LogP contribution in [0.1, 0.15) is 47.4 Å². The Labute approximate surface area is 242 Å². The fraction of sp³-hybridized carbons (Fsp3) is 0.533. The number of amides is 3. The van der Waals surface area contributed by atoms with Crippen molar-refractivity contribution >= 4 is 11.9 Å². The van der Waals surface area contributed by atoms with E-state index in [1.54, 1.807) is 23.1 Å². The molecule has 3 atom stereocenters. The van der Waals surface area contributed by atoms with Crippen LogP contribution in [0.15, 0.2) is 42.5 Å². The number of aryl methyl sites for hydroxylation is 1. The first-order valence-corrected chi connectivity index (χ1v) is 13.9. The minimum Gasteiger partial charge on any atom is -0.497 e. The number of carbonyl (C=O) groups excluding carboxylic acids is 2. The molecule has 0 aliphatic carbocycles. The predicted molar refractivity (Wildman–Crippen MR) is 148 cm³/mol. The number of halogens is 3. The number of ether oxygens (including phenoxy) is 1. The van der Waals surface area contributed by atoms with E-state index >= 15 is 0 Å². The number of aliphatic hydroxyl groups excluding tert-OH is 3. The lowest BCUT2D eigenvalue weighted by Gasteiger charge is -2.58. The summed E-state index contributed by atoms with van der Waals surface area (Å²) >= 11 is 0. The zero-order valence-corrected chi connectivity index (χ0v) is 23.9. The Bertz CT molecular complexity index is 1300. The summed E-state index contributed by atoms with van der Waals surface area (Å²) in [6, 6.07) is 9.03. The van der Waals surface area contributed by atoms with Crippen LogP contribution in [-0.4, -0.2) is 90.2 Å². The fourth-order valence-electron chi connectivity index (χ4n) is 7.17. The first-order valence-electron chi connectivity index (χ1n) is 13.9. The molecule has 0 bridgehead atoms. The molecule has 2 aromatic carbocycles. The molecule has 2 aliphatic heterocycles. The number of methoxy groups -OCH3 is 1. The summed E-state index contributed by atoms with van der Waals surface area (Å²) in [5.74, 6) is -1.52. The molecule has 4 N–H and O–H groups in total. The van der Waals surface area contributed by atoms with Gasteiger partial charge < -0.3 is 35.2 Å². The van der Waals surface area contributed by atoms with Crippen LogP contribution in [0.5, 0.6) is 5.75 Å². The largest absolute Gasteiger partial charge is 0.497 e. The zero-order chi connectivity index (χ0) is 30.9. The first-order chi connectivity index (χ1) is 19.9. The van der Waals surface area contributed by atoms with E-state index < -0.39 is 47.3 Å². The SMILES string of the molecule is CNC(=O)N1CCN2C(=O)C(CCO)(CCO)CC2C1(c1ccccc1C)[C@@H](CO)c1cc(OC)cc(C(F)(F)F)c1. The number of carbonyl (C=O) groups is 2. The third-order valence-corrected chi connectivity index (χ3v) is 9.02. The molecule has 2 heterocycles. The summed E-state index contributed by atoms with van der Waals surface area (Å²) in [5, 5.41) is 33.7. The summed E-state index contributed by atoms with van der Waals surface area (Å²) in [6.45, 7) is 0.654. The molecule has 2 saturated heterocycles. The molecule has 9 nitrogen and oxygen atoms in total. The van der Waals surface area contributed by atoms with Gasteiger partial charge in [-0.2, -0.15) is 13.2 Å². The smallest absolute Gasteiger partial charge is 0.416 e. The van der Waals surface area contributed by atoms with Crippen LogP contribution in [0.4, 0.5) is 18.0 Å². The van der Waals surface area contributed by atoms with Crippen LogP contribution in [0.3, 0.4) is 0 Å². The molecule has 3 amide bonds. The minimum absolute atomic E-state index is 0.0250. The Kier molecular flexibility index (Phi) is 9.10. The lowest BCUT2D eigenvalue weighted by molar-refractivity contribution is -0.143. The second-order valence-corrected chi connectivity index (χ2v) is 11.0. The van der Waals surface area contributed by atoms with Gasteiger partial charge in [-0.3, -0.25) is 4.79 Å². The highest BCUT2D eigenvalue weighted by molar-refractivity contribution is 5.87. The molecule has 230 valence electrons. The summed E-state index contributed by atoms with van der Waals surface area (Å²) in [7, 11) is 2.69. The molecule has 0 aromatic heterocycles. The van der Waals surface area contributed by atoms with Gasteiger partial charge in [0.15, 0.2) is 0 Å². The van der Waals surface area contributed by atoms with Crippen LogP contribution in [-0.2, 0) is 16.5 Å². The van der Waals surface area contributed by atoms with Crippen molar-refractivity contribution in [3.05, 3.63) is 64.7 Å². The zero-order valence-electron chi connectivity index (χ0n) is 23.9. The van der Waals surface area contributed by atoms with Gasteiger partial charge in [-0.05, 0) is 61.1 Å². The summed E-state index contributed by atoms with van der Waals surface area (Å²) < 4.78 is 47.5. The fourth-order valence-corrected chi connectivity index (χ4v) is 7.17. The molecular weight excluding hydrogens is 555 g/mol. The van der Waals surface area contributed by atoms with Crippen molar-refractivity contribution < 1.29 is 42.8 Å². The summed E-state index contributed by atoms with van der Waals surface area (Å²) in [4.78, 5) is 30.9. The number of alkyl halides is 3. The van der Waals surface area contributed by atoms with E-state index in [-0.39, 0.29) is 62.8 Å². The average Bonchev–Trinajstić information content (AvgIpc) is 3.24. The molecule has 0 radical (unpaired) electrons. The first kappa shape index (κ1) is 31.6. The highest BCUT2D eigenvalue weighted by atomic mass is 19.4. The van der Waals surface area contributed by atoms with Crippen molar-refractivity contribution in [2.45, 2.75) is 49.9 Å². The average molecular weight is 594 g/mol. The van der Waals surface area contributed by atoms with Gasteiger partial charge in [-0.15, -0.1) is 0 Å². The Morgan fingerprint density at radius 1 is 1.12 bits per heavy atom. The van der Waals surface area contributed by atoms with Crippen molar-refractivity contribution in [2.75, 3.05) is 47.1 Å². The van der Waals surface area contributed by atoms with Gasteiger partial charge >= 0.3 is 12.2 Å². The molecule has 2 aromatic rings. The maximum absolute atomic E-state index is 14.1. The van der Waals surface area contributed by atoms with Crippen molar-refractivity contribution in [1.82, 2.24) is 15.1 Å². The van der Waals surface area contributed by atoms with Crippen molar-refractivity contribution in [3.63, 3.8) is 0 Å². The van der Waals surface area contributed by atoms with E-state index in [0.29, 0.717) is 11.1 Å². The highest BCUT2D eigenvalue weighted by Crippen LogP contribution is 2.57. The molecular formula is C30H38F3N3O6. The summed E-state index contributed by atoms with van der Waals surface area (Å²) in [6.07, 6.45) is -4.50. The lowest BCUT2D eigenvalue weighted by Crippen LogP contribution is -2.70. The predicted octanol–water partition coefficient (Wildman–Crippen LogP) is 3.00. The van der Waals surface area contributed by atoms with E-state index in [1.807, 2.05) is 13.0 Å². The Morgan fingerprint density at radius 2 is 1.79 bits per heavy atom. The highest BCUT2D eigenvalue weighted by Gasteiger charge is 2.65. The number of aliphatic hydroxyl groups is 3. The van der Waals surface area contributed by atoms with Gasteiger partial charge in [0.1, 0.15) is 5.75 Å². The Hall–Kier alpha value is -3.35. The molecule has 2 unspecified atom stereocenters. The third kappa shape index (κ3) is 5.09. The van der Waals surface area contributed by atoms with Crippen LogP contribution < -0.4 is 10.1 Å². The number of urea groups is 1. The van der Waals surface area contributed by atoms with Gasteiger partial charge in [-0.25, -0.2) is 4.79 Å². The molecule has 12 heteroatoms. The normalized spacial score (nSPS) is 22.6. The molecule has 2 aliphatic rings. The van der Waals surface area contributed by atoms with Crippen LogP contribution in [0.25, 0.3) is 0 Å². The van der Waals surface area contributed by atoms with Crippen molar-refractivity contribution in [2.24, 2.45) is 5.41 Å². The molecule has 4 rings (SSSR count). The van der Waals surface area contributed by atoms with E-state index in [4.69, 9.17) is 4.74 Å². The second-order valence-electron chi connectivity index (χ2n) is 11.0. The molecule has 2 fully saturated rings. The van der Waals surface area contributed by atoms with Crippen LogP contribution >= 0.6 is 0 Å². The van der Waals surface area contributed by atoms with E-state index in [9.17, 15) is 38.1 Å². The van der Waals surface area contributed by atoms with Gasteiger partial charge in [0.2, 0.25) is 5.91 Å². The van der Waals surface area contributed by atoms with Gasteiger partial charge in [0.05, 0.1) is 36.3 Å². The lowest BCUT2D eigenvalue weighted by atomic mass is 9.64. The van der Waals surface area contributed by atoms with Crippen molar-refractivity contribution in [3.8, 4) is 5.75 Å².